The van der Waals surface area contributed by atoms with E-state index in [1.807, 2.05) is 0 Å². The van der Waals surface area contributed by atoms with Crippen LogP contribution >= 0.6 is 0 Å². The van der Waals surface area contributed by atoms with E-state index in [9.17, 15) is 0 Å². The highest BCUT2D eigenvalue weighted by Crippen LogP contribution is 2.37. The minimum Gasteiger partial charge on any atom is -0.353 e. The number of nitrogens with zero attached hydrogens (tertiary/aromatic N) is 1. The van der Waals surface area contributed by atoms with E-state index in [0.717, 1.165) is 0 Å². The van der Waals surface area contributed by atoms with Crippen molar-refractivity contribution >= 4 is 10.9 Å². The summed E-state index contributed by atoms with van der Waals surface area (Å²) in [4.78, 5) is 3.59. The van der Waals surface area contributed by atoms with Crippen LogP contribution in [0.5, 0.6) is 0 Å². The second kappa shape index (κ2) is 4.67. The van der Waals surface area contributed by atoms with Crippen LogP contribution in [0.4, 0.5) is 0 Å². The number of aromatic amines is 1. The lowest BCUT2D eigenvalue weighted by Gasteiger charge is -2.06. The molecule has 4 aromatic rings. The lowest BCUT2D eigenvalue weighted by atomic mass is 10.0. The van der Waals surface area contributed by atoms with Crippen molar-refractivity contribution in [2.24, 2.45) is 7.05 Å². The van der Waals surface area contributed by atoms with Gasteiger partial charge in [0.1, 0.15) is 0 Å². The molecule has 0 bridgehead atoms. The van der Waals surface area contributed by atoms with Gasteiger partial charge in [0.05, 0.1) is 11.4 Å². The first kappa shape index (κ1) is 12.0. The van der Waals surface area contributed by atoms with E-state index < -0.39 is 0 Å². The van der Waals surface area contributed by atoms with Gasteiger partial charge < -0.3 is 9.55 Å². The zero-order chi connectivity index (χ0) is 14.2. The minimum absolute atomic E-state index is 1.17. The third-order valence-corrected chi connectivity index (χ3v) is 3.97. The van der Waals surface area contributed by atoms with Crippen molar-refractivity contribution in [2.45, 2.75) is 0 Å². The van der Waals surface area contributed by atoms with E-state index in [1.165, 1.54) is 33.4 Å². The van der Waals surface area contributed by atoms with Crippen molar-refractivity contribution in [3.63, 3.8) is 0 Å². The Hall–Kier alpha value is -2.74. The molecule has 0 aliphatic carbocycles. The van der Waals surface area contributed by atoms with E-state index in [1.54, 1.807) is 0 Å². The molecule has 2 heterocycles. The van der Waals surface area contributed by atoms with Crippen LogP contribution in [0.1, 0.15) is 0 Å². The molecule has 2 aromatic carbocycles. The highest BCUT2D eigenvalue weighted by molar-refractivity contribution is 6.03. The van der Waals surface area contributed by atoms with Crippen LogP contribution in [-0.4, -0.2) is 9.55 Å². The van der Waals surface area contributed by atoms with Gasteiger partial charge in [-0.1, -0.05) is 48.5 Å². The van der Waals surface area contributed by atoms with Gasteiger partial charge >= 0.3 is 0 Å². The van der Waals surface area contributed by atoms with E-state index in [0.29, 0.717) is 0 Å². The minimum atomic E-state index is 1.17. The Morgan fingerprint density at radius 1 is 0.810 bits per heavy atom. The van der Waals surface area contributed by atoms with E-state index >= 15 is 0 Å². The molecule has 0 spiro atoms. The molecule has 2 nitrogen and oxygen atoms in total. The lowest BCUT2D eigenvalue weighted by molar-refractivity contribution is 0.933. The van der Waals surface area contributed by atoms with Crippen molar-refractivity contribution in [3.05, 3.63) is 72.9 Å². The van der Waals surface area contributed by atoms with Crippen LogP contribution in [0.25, 0.3) is 33.4 Å². The van der Waals surface area contributed by atoms with E-state index in [-0.39, 0.29) is 0 Å². The molecule has 0 fully saturated rings. The molecule has 0 unspecified atom stereocenters. The SMILES string of the molecule is Cn1cccc1-c1[nH]c2ccccc2c1-c1ccccc1. The summed E-state index contributed by atoms with van der Waals surface area (Å²) >= 11 is 0. The van der Waals surface area contributed by atoms with E-state index in [2.05, 4.69) is 89.5 Å². The Morgan fingerprint density at radius 3 is 2.33 bits per heavy atom. The van der Waals surface area contributed by atoms with Crippen LogP contribution in [0, 0.1) is 0 Å². The first-order valence-corrected chi connectivity index (χ1v) is 7.12. The van der Waals surface area contributed by atoms with Gasteiger partial charge in [-0.05, 0) is 23.8 Å². The number of hydrogen-bond acceptors (Lipinski definition) is 0. The zero-order valence-electron chi connectivity index (χ0n) is 11.9. The fourth-order valence-electron chi connectivity index (χ4n) is 2.96. The number of fused-ring (bicyclic) bond motifs is 1. The maximum Gasteiger partial charge on any atom is 0.0712 e. The van der Waals surface area contributed by atoms with Gasteiger partial charge in [0.2, 0.25) is 0 Å². The summed E-state index contributed by atoms with van der Waals surface area (Å²) in [7, 11) is 2.08. The first-order valence-electron chi connectivity index (χ1n) is 7.12. The van der Waals surface area contributed by atoms with Crippen molar-refractivity contribution in [3.8, 4) is 22.5 Å². The molecule has 0 atom stereocenters. The Balaban J connectivity index is 2.09. The van der Waals surface area contributed by atoms with Crippen LogP contribution in [0.15, 0.2) is 72.9 Å². The number of rotatable bonds is 2. The fourth-order valence-corrected chi connectivity index (χ4v) is 2.96. The molecule has 0 radical (unpaired) electrons. The largest absolute Gasteiger partial charge is 0.353 e. The fraction of sp³-hybridized carbons (Fsp3) is 0.0526. The summed E-state index contributed by atoms with van der Waals surface area (Å²) in [6.07, 6.45) is 2.08. The maximum absolute atomic E-state index is 3.59. The Kier molecular flexibility index (Phi) is 2.68. The number of hydrogen-bond donors (Lipinski definition) is 1. The van der Waals surface area contributed by atoms with E-state index in [4.69, 9.17) is 0 Å². The molecule has 0 amide bonds. The van der Waals surface area contributed by atoms with Gasteiger partial charge in [0.15, 0.2) is 0 Å². The smallest absolute Gasteiger partial charge is 0.0712 e. The van der Waals surface area contributed by atoms with Crippen molar-refractivity contribution in [1.29, 1.82) is 0 Å². The number of H-pyrrole nitrogens is 1. The Bertz CT molecular complexity index is 898. The van der Waals surface area contributed by atoms with Gasteiger partial charge in [-0.25, -0.2) is 0 Å². The van der Waals surface area contributed by atoms with Crippen LogP contribution in [0.3, 0.4) is 0 Å². The Morgan fingerprint density at radius 2 is 1.57 bits per heavy atom. The van der Waals surface area contributed by atoms with Crippen LogP contribution in [-0.2, 0) is 7.05 Å². The second-order valence-electron chi connectivity index (χ2n) is 5.29. The van der Waals surface area contributed by atoms with Crippen molar-refractivity contribution in [1.82, 2.24) is 9.55 Å². The molecule has 102 valence electrons. The predicted octanol–water partition coefficient (Wildman–Crippen LogP) is 4.84. The number of benzene rings is 2. The Labute approximate surface area is 123 Å². The molecule has 0 aliphatic rings. The molecule has 21 heavy (non-hydrogen) atoms. The molecular formula is C19H16N2. The first-order chi connectivity index (χ1) is 10.3. The number of aryl methyl sites for hydroxylation is 1. The second-order valence-corrected chi connectivity index (χ2v) is 5.29. The van der Waals surface area contributed by atoms with Crippen LogP contribution in [0.2, 0.25) is 0 Å². The molecular weight excluding hydrogens is 256 g/mol. The van der Waals surface area contributed by atoms with Gasteiger partial charge in [-0.2, -0.15) is 0 Å². The average Bonchev–Trinajstić information content (AvgIpc) is 3.11. The van der Waals surface area contributed by atoms with Gasteiger partial charge in [-0.3, -0.25) is 0 Å². The number of aromatic nitrogens is 2. The monoisotopic (exact) mass is 272 g/mol. The quantitative estimate of drug-likeness (QED) is 0.539. The molecule has 0 aliphatic heterocycles. The standard InChI is InChI=1S/C19H16N2/c1-21-13-7-12-17(21)19-18(14-8-3-2-4-9-14)15-10-5-6-11-16(15)20-19/h2-13,20H,1H3. The topological polar surface area (TPSA) is 20.7 Å². The summed E-state index contributed by atoms with van der Waals surface area (Å²) in [6, 6.07) is 23.3. The molecule has 2 heteroatoms. The zero-order valence-corrected chi connectivity index (χ0v) is 11.9. The van der Waals surface area contributed by atoms with Gasteiger partial charge in [0.25, 0.3) is 0 Å². The average molecular weight is 272 g/mol. The lowest BCUT2D eigenvalue weighted by Crippen LogP contribution is -1.91. The summed E-state index contributed by atoms with van der Waals surface area (Å²) < 4.78 is 2.15. The molecule has 0 saturated carbocycles. The van der Waals surface area contributed by atoms with Crippen molar-refractivity contribution in [2.75, 3.05) is 0 Å². The third-order valence-electron chi connectivity index (χ3n) is 3.97. The summed E-state index contributed by atoms with van der Waals surface area (Å²) in [5.74, 6) is 0. The highest BCUT2D eigenvalue weighted by Gasteiger charge is 2.15. The maximum atomic E-state index is 3.59. The summed E-state index contributed by atoms with van der Waals surface area (Å²) in [5, 5.41) is 1.26. The molecule has 2 aromatic heterocycles. The molecule has 4 rings (SSSR count). The normalized spacial score (nSPS) is 11.1. The summed E-state index contributed by atoms with van der Waals surface area (Å²) in [5.41, 5.74) is 6.06. The highest BCUT2D eigenvalue weighted by atomic mass is 14.9. The predicted molar refractivity (Wildman–Crippen MR) is 88.1 cm³/mol. The summed E-state index contributed by atoms with van der Waals surface area (Å²) in [6.45, 7) is 0. The van der Waals surface area contributed by atoms with Crippen molar-refractivity contribution < 1.29 is 0 Å². The van der Waals surface area contributed by atoms with Crippen LogP contribution < -0.4 is 0 Å². The number of nitrogens with one attached hydrogen (secondary N) is 1. The molecule has 1 N–H and O–H groups in total. The van der Waals surface area contributed by atoms with Gasteiger partial charge in [0, 0.05) is 29.7 Å². The molecule has 0 saturated heterocycles. The number of para-hydroxylation sites is 1. The van der Waals surface area contributed by atoms with Gasteiger partial charge in [-0.15, -0.1) is 0 Å². The third kappa shape index (κ3) is 1.88.